The molecule has 20 heavy (non-hydrogen) atoms. The lowest BCUT2D eigenvalue weighted by atomic mass is 9.93. The second-order valence-electron chi connectivity index (χ2n) is 4.80. The maximum absolute atomic E-state index is 13.5. The molecule has 0 bridgehead atoms. The van der Waals surface area contributed by atoms with Crippen LogP contribution in [-0.2, 0) is 0 Å². The first-order chi connectivity index (χ1) is 9.54. The smallest absolute Gasteiger partial charge is 0.142 e. The molecule has 0 saturated heterocycles. The summed E-state index contributed by atoms with van der Waals surface area (Å²) in [6, 6.07) is 8.48. The summed E-state index contributed by atoms with van der Waals surface area (Å²) >= 11 is 5.66. The fourth-order valence-corrected chi connectivity index (χ4v) is 2.51. The van der Waals surface area contributed by atoms with Gasteiger partial charge in [-0.2, -0.15) is 0 Å². The third-order valence-corrected chi connectivity index (χ3v) is 3.73. The predicted molar refractivity (Wildman–Crippen MR) is 72.7 cm³/mol. The minimum Gasteiger partial charge on any atom is -0.485 e. The molecule has 0 fully saturated rings. The lowest BCUT2D eigenvalue weighted by Crippen LogP contribution is -2.24. The quantitative estimate of drug-likeness (QED) is 0.858. The van der Waals surface area contributed by atoms with Crippen molar-refractivity contribution in [2.75, 3.05) is 0 Å². The molecule has 0 saturated carbocycles. The van der Waals surface area contributed by atoms with E-state index in [0.717, 1.165) is 5.56 Å². The predicted octanol–water partition coefficient (Wildman–Crippen LogP) is 4.14. The zero-order valence-electron chi connectivity index (χ0n) is 10.4. The van der Waals surface area contributed by atoms with Crippen molar-refractivity contribution in [3.05, 3.63) is 64.2 Å². The molecule has 1 aliphatic heterocycles. The molecular formula is C15H12ClF2NO. The van der Waals surface area contributed by atoms with Gasteiger partial charge in [-0.1, -0.05) is 23.7 Å². The standard InChI is InChI=1S/C15H12ClF2NO/c16-11-4-1-8(5-12(11)18)14-7-13(19)10-3-2-9(17)6-15(10)20-14/h1-6,13-14H,7,19H2/t13-,14?/m1/s1. The minimum absolute atomic E-state index is 0.0558. The van der Waals surface area contributed by atoms with Gasteiger partial charge >= 0.3 is 0 Å². The molecule has 1 heterocycles. The number of halogens is 3. The average Bonchev–Trinajstić information content (AvgIpc) is 2.41. The molecule has 1 unspecified atom stereocenters. The van der Waals surface area contributed by atoms with Crippen LogP contribution in [0.5, 0.6) is 5.75 Å². The van der Waals surface area contributed by atoms with Gasteiger partial charge < -0.3 is 10.5 Å². The van der Waals surface area contributed by atoms with Crippen LogP contribution in [0.25, 0.3) is 0 Å². The number of hydrogen-bond donors (Lipinski definition) is 1. The summed E-state index contributed by atoms with van der Waals surface area (Å²) in [6.45, 7) is 0. The van der Waals surface area contributed by atoms with Crippen molar-refractivity contribution < 1.29 is 13.5 Å². The Labute approximate surface area is 120 Å². The van der Waals surface area contributed by atoms with Crippen LogP contribution < -0.4 is 10.5 Å². The lowest BCUT2D eigenvalue weighted by Gasteiger charge is -2.30. The number of nitrogens with two attached hydrogens (primary N) is 1. The topological polar surface area (TPSA) is 35.2 Å². The van der Waals surface area contributed by atoms with Gasteiger partial charge in [0.2, 0.25) is 0 Å². The van der Waals surface area contributed by atoms with Crippen LogP contribution in [0.1, 0.15) is 29.7 Å². The summed E-state index contributed by atoms with van der Waals surface area (Å²) in [4.78, 5) is 0. The van der Waals surface area contributed by atoms with E-state index in [2.05, 4.69) is 0 Å². The third-order valence-electron chi connectivity index (χ3n) is 3.43. The number of hydrogen-bond acceptors (Lipinski definition) is 2. The van der Waals surface area contributed by atoms with E-state index in [-0.39, 0.29) is 16.9 Å². The van der Waals surface area contributed by atoms with Crippen molar-refractivity contribution in [3.8, 4) is 5.75 Å². The first-order valence-corrected chi connectivity index (χ1v) is 6.59. The molecule has 0 radical (unpaired) electrons. The Balaban J connectivity index is 1.96. The Morgan fingerprint density at radius 3 is 2.70 bits per heavy atom. The van der Waals surface area contributed by atoms with E-state index in [4.69, 9.17) is 22.1 Å². The summed E-state index contributed by atoms with van der Waals surface area (Å²) in [6.07, 6.45) is 0.0887. The van der Waals surface area contributed by atoms with Crippen molar-refractivity contribution in [1.29, 1.82) is 0 Å². The molecule has 0 amide bonds. The van der Waals surface area contributed by atoms with Gasteiger partial charge in [0, 0.05) is 24.1 Å². The fourth-order valence-electron chi connectivity index (χ4n) is 2.39. The Hall–Kier alpha value is -1.65. The van der Waals surface area contributed by atoms with Gasteiger partial charge in [0.05, 0.1) is 5.02 Å². The molecule has 1 aliphatic rings. The Morgan fingerprint density at radius 1 is 1.15 bits per heavy atom. The molecule has 2 N–H and O–H groups in total. The SMILES string of the molecule is N[C@@H]1CC(c2ccc(Cl)c(F)c2)Oc2cc(F)ccc21. The van der Waals surface area contributed by atoms with E-state index >= 15 is 0 Å². The van der Waals surface area contributed by atoms with Crippen LogP contribution in [0.2, 0.25) is 5.02 Å². The van der Waals surface area contributed by atoms with Gasteiger partial charge in [-0.25, -0.2) is 8.78 Å². The Kier molecular flexibility index (Phi) is 3.36. The average molecular weight is 296 g/mol. The highest BCUT2D eigenvalue weighted by Crippen LogP contribution is 2.40. The van der Waals surface area contributed by atoms with Crippen molar-refractivity contribution in [2.24, 2.45) is 5.73 Å². The number of fused-ring (bicyclic) bond motifs is 1. The summed E-state index contributed by atoms with van der Waals surface area (Å²) in [7, 11) is 0. The highest BCUT2D eigenvalue weighted by atomic mass is 35.5. The molecule has 0 aliphatic carbocycles. The third kappa shape index (κ3) is 2.37. The first-order valence-electron chi connectivity index (χ1n) is 6.21. The molecule has 2 aromatic carbocycles. The van der Waals surface area contributed by atoms with Gasteiger partial charge in [0.25, 0.3) is 0 Å². The van der Waals surface area contributed by atoms with Crippen molar-refractivity contribution in [1.82, 2.24) is 0 Å². The van der Waals surface area contributed by atoms with Gasteiger partial charge in [-0.3, -0.25) is 0 Å². The molecule has 104 valence electrons. The Morgan fingerprint density at radius 2 is 1.95 bits per heavy atom. The molecule has 2 nitrogen and oxygen atoms in total. The van der Waals surface area contributed by atoms with Crippen LogP contribution in [0.15, 0.2) is 36.4 Å². The van der Waals surface area contributed by atoms with Gasteiger partial charge in [-0.15, -0.1) is 0 Å². The van der Waals surface area contributed by atoms with E-state index in [9.17, 15) is 8.78 Å². The van der Waals surface area contributed by atoms with E-state index in [1.54, 1.807) is 12.1 Å². The van der Waals surface area contributed by atoms with Crippen LogP contribution in [0.3, 0.4) is 0 Å². The highest BCUT2D eigenvalue weighted by molar-refractivity contribution is 6.30. The number of ether oxygens (including phenoxy) is 1. The molecule has 0 spiro atoms. The van der Waals surface area contributed by atoms with Crippen molar-refractivity contribution in [3.63, 3.8) is 0 Å². The minimum atomic E-state index is -0.508. The fraction of sp³-hybridized carbons (Fsp3) is 0.200. The van der Waals surface area contributed by atoms with Gasteiger partial charge in [0.15, 0.2) is 0 Å². The zero-order chi connectivity index (χ0) is 14.3. The number of benzene rings is 2. The maximum atomic E-state index is 13.5. The van der Waals surface area contributed by atoms with Crippen LogP contribution in [-0.4, -0.2) is 0 Å². The summed E-state index contributed by atoms with van der Waals surface area (Å²) in [5, 5.41) is 0.0558. The first kappa shape index (κ1) is 13.3. The van der Waals surface area contributed by atoms with Crippen molar-refractivity contribution in [2.45, 2.75) is 18.6 Å². The lowest BCUT2D eigenvalue weighted by molar-refractivity contribution is 0.160. The summed E-state index contributed by atoms with van der Waals surface area (Å²) in [5.41, 5.74) is 7.47. The van der Waals surface area contributed by atoms with Crippen LogP contribution in [0, 0.1) is 11.6 Å². The van der Waals surface area contributed by atoms with Crippen molar-refractivity contribution >= 4 is 11.6 Å². The largest absolute Gasteiger partial charge is 0.485 e. The monoisotopic (exact) mass is 295 g/mol. The summed E-state index contributed by atoms with van der Waals surface area (Å²) < 4.78 is 32.5. The molecule has 2 atom stereocenters. The van der Waals surface area contributed by atoms with Gasteiger partial charge in [0.1, 0.15) is 23.5 Å². The van der Waals surface area contributed by atoms with Crippen LogP contribution >= 0.6 is 11.6 Å². The molecule has 5 heteroatoms. The maximum Gasteiger partial charge on any atom is 0.142 e. The molecular weight excluding hydrogens is 284 g/mol. The van der Waals surface area contributed by atoms with E-state index in [1.165, 1.54) is 24.3 Å². The summed E-state index contributed by atoms with van der Waals surface area (Å²) in [5.74, 6) is -0.491. The van der Waals surface area contributed by atoms with Gasteiger partial charge in [-0.05, 0) is 23.8 Å². The van der Waals surface area contributed by atoms with E-state index < -0.39 is 11.9 Å². The second-order valence-corrected chi connectivity index (χ2v) is 5.21. The van der Waals surface area contributed by atoms with E-state index in [1.807, 2.05) is 0 Å². The normalized spacial score (nSPS) is 21.2. The zero-order valence-corrected chi connectivity index (χ0v) is 11.2. The molecule has 2 aromatic rings. The molecule has 0 aromatic heterocycles. The van der Waals surface area contributed by atoms with Crippen LogP contribution in [0.4, 0.5) is 8.78 Å². The molecule has 3 rings (SSSR count). The Bertz CT molecular complexity index is 662. The second kappa shape index (κ2) is 5.04. The highest BCUT2D eigenvalue weighted by Gasteiger charge is 2.27. The van der Waals surface area contributed by atoms with E-state index in [0.29, 0.717) is 17.7 Å². The number of rotatable bonds is 1.